The van der Waals surface area contributed by atoms with Crippen LogP contribution in [0, 0.1) is 0 Å². The molecule has 17 heavy (non-hydrogen) atoms. The first-order chi connectivity index (χ1) is 8.38. The van der Waals surface area contributed by atoms with Gasteiger partial charge in [0.2, 0.25) is 11.7 Å². The SMILES string of the molecule is CCNCc1nc(COc2ccccc2)no1. The van der Waals surface area contributed by atoms with Crippen LogP contribution in [0.1, 0.15) is 18.6 Å². The first-order valence-corrected chi connectivity index (χ1v) is 5.58. The number of rotatable bonds is 6. The van der Waals surface area contributed by atoms with Crippen LogP contribution in [-0.2, 0) is 13.2 Å². The molecule has 1 heterocycles. The lowest BCUT2D eigenvalue weighted by molar-refractivity contribution is 0.284. The molecule has 2 rings (SSSR count). The zero-order chi connectivity index (χ0) is 11.9. The van der Waals surface area contributed by atoms with Gasteiger partial charge in [-0.25, -0.2) is 0 Å². The summed E-state index contributed by atoms with van der Waals surface area (Å²) < 4.78 is 10.6. The highest BCUT2D eigenvalue weighted by atomic mass is 16.5. The molecule has 0 amide bonds. The average molecular weight is 233 g/mol. The lowest BCUT2D eigenvalue weighted by Crippen LogP contribution is -2.12. The first kappa shape index (κ1) is 11.6. The van der Waals surface area contributed by atoms with Gasteiger partial charge in [0.05, 0.1) is 6.54 Å². The molecule has 0 saturated carbocycles. The third-order valence-corrected chi connectivity index (χ3v) is 2.15. The number of benzene rings is 1. The third-order valence-electron chi connectivity index (χ3n) is 2.15. The summed E-state index contributed by atoms with van der Waals surface area (Å²) in [6, 6.07) is 9.55. The molecule has 0 aliphatic heterocycles. The second-order valence-corrected chi connectivity index (χ2v) is 3.49. The van der Waals surface area contributed by atoms with Crippen LogP contribution < -0.4 is 10.1 Å². The molecule has 0 spiro atoms. The van der Waals surface area contributed by atoms with Crippen molar-refractivity contribution >= 4 is 0 Å². The highest BCUT2D eigenvalue weighted by Crippen LogP contribution is 2.10. The summed E-state index contributed by atoms with van der Waals surface area (Å²) in [5, 5.41) is 6.95. The van der Waals surface area contributed by atoms with E-state index in [1.54, 1.807) is 0 Å². The van der Waals surface area contributed by atoms with Crippen molar-refractivity contribution in [3.05, 3.63) is 42.0 Å². The molecule has 5 nitrogen and oxygen atoms in total. The molecule has 1 N–H and O–H groups in total. The molecular weight excluding hydrogens is 218 g/mol. The standard InChI is InChI=1S/C12H15N3O2/c1-2-13-8-12-14-11(15-17-12)9-16-10-6-4-3-5-7-10/h3-7,13H,2,8-9H2,1H3. The second-order valence-electron chi connectivity index (χ2n) is 3.49. The summed E-state index contributed by atoms with van der Waals surface area (Å²) in [5.74, 6) is 1.94. The Bertz CT molecular complexity index is 442. The molecular formula is C12H15N3O2. The van der Waals surface area contributed by atoms with Gasteiger partial charge < -0.3 is 14.6 Å². The fourth-order valence-corrected chi connectivity index (χ4v) is 1.32. The second kappa shape index (κ2) is 6.00. The van der Waals surface area contributed by atoms with Crippen LogP contribution in [0.15, 0.2) is 34.9 Å². The number of aromatic nitrogens is 2. The predicted octanol–water partition coefficient (Wildman–Crippen LogP) is 1.76. The highest BCUT2D eigenvalue weighted by Gasteiger charge is 2.05. The van der Waals surface area contributed by atoms with E-state index >= 15 is 0 Å². The molecule has 0 fully saturated rings. The molecule has 5 heteroatoms. The van der Waals surface area contributed by atoms with E-state index in [0.29, 0.717) is 24.9 Å². The van der Waals surface area contributed by atoms with Crippen LogP contribution in [0.2, 0.25) is 0 Å². The van der Waals surface area contributed by atoms with Crippen molar-refractivity contribution in [2.24, 2.45) is 0 Å². The fourth-order valence-electron chi connectivity index (χ4n) is 1.32. The Balaban J connectivity index is 1.85. The smallest absolute Gasteiger partial charge is 0.240 e. The summed E-state index contributed by atoms with van der Waals surface area (Å²) >= 11 is 0. The van der Waals surface area contributed by atoms with E-state index in [0.717, 1.165) is 12.3 Å². The number of ether oxygens (including phenoxy) is 1. The largest absolute Gasteiger partial charge is 0.485 e. The molecule has 2 aromatic rings. The van der Waals surface area contributed by atoms with Gasteiger partial charge in [-0.1, -0.05) is 30.3 Å². The summed E-state index contributed by atoms with van der Waals surface area (Å²) in [6.07, 6.45) is 0. The summed E-state index contributed by atoms with van der Waals surface area (Å²) in [7, 11) is 0. The minimum absolute atomic E-state index is 0.319. The van der Waals surface area contributed by atoms with E-state index in [2.05, 4.69) is 15.5 Å². The maximum absolute atomic E-state index is 5.50. The monoisotopic (exact) mass is 233 g/mol. The molecule has 0 aliphatic rings. The highest BCUT2D eigenvalue weighted by molar-refractivity contribution is 5.20. The molecule has 1 aromatic carbocycles. The van der Waals surface area contributed by atoms with Gasteiger partial charge in [0.25, 0.3) is 0 Å². The predicted molar refractivity (Wildman–Crippen MR) is 62.5 cm³/mol. The fraction of sp³-hybridized carbons (Fsp3) is 0.333. The zero-order valence-corrected chi connectivity index (χ0v) is 9.72. The maximum atomic E-state index is 5.50. The lowest BCUT2D eigenvalue weighted by Gasteiger charge is -2.01. The number of nitrogens with one attached hydrogen (secondary N) is 1. The van der Waals surface area contributed by atoms with Crippen LogP contribution in [0.3, 0.4) is 0 Å². The Morgan fingerprint density at radius 1 is 1.29 bits per heavy atom. The molecule has 0 saturated heterocycles. The van der Waals surface area contributed by atoms with Crippen molar-refractivity contribution in [3.8, 4) is 5.75 Å². The summed E-state index contributed by atoms with van der Waals surface area (Å²) in [4.78, 5) is 4.20. The molecule has 1 aromatic heterocycles. The van der Waals surface area contributed by atoms with Crippen molar-refractivity contribution in [2.75, 3.05) is 6.54 Å². The summed E-state index contributed by atoms with van der Waals surface area (Å²) in [6.45, 7) is 3.81. The van der Waals surface area contributed by atoms with Crippen LogP contribution >= 0.6 is 0 Å². The molecule has 0 bridgehead atoms. The van der Waals surface area contributed by atoms with Gasteiger partial charge in [0.1, 0.15) is 5.75 Å². The van der Waals surface area contributed by atoms with Crippen LogP contribution in [-0.4, -0.2) is 16.7 Å². The van der Waals surface area contributed by atoms with E-state index in [9.17, 15) is 0 Å². The van der Waals surface area contributed by atoms with E-state index in [4.69, 9.17) is 9.26 Å². The molecule has 0 atom stereocenters. The van der Waals surface area contributed by atoms with Crippen molar-refractivity contribution in [1.82, 2.24) is 15.5 Å². The normalized spacial score (nSPS) is 10.4. The minimum atomic E-state index is 0.319. The van der Waals surface area contributed by atoms with Crippen LogP contribution in [0.5, 0.6) is 5.75 Å². The average Bonchev–Trinajstić information content (AvgIpc) is 2.83. The Morgan fingerprint density at radius 3 is 2.88 bits per heavy atom. The Kier molecular flexibility index (Phi) is 4.10. The molecule has 0 unspecified atom stereocenters. The van der Waals surface area contributed by atoms with Gasteiger partial charge >= 0.3 is 0 Å². The number of hydrogen-bond donors (Lipinski definition) is 1. The van der Waals surface area contributed by atoms with E-state index < -0.39 is 0 Å². The Morgan fingerprint density at radius 2 is 2.12 bits per heavy atom. The van der Waals surface area contributed by atoms with Crippen LogP contribution in [0.25, 0.3) is 0 Å². The van der Waals surface area contributed by atoms with Gasteiger partial charge in [-0.3, -0.25) is 0 Å². The number of nitrogens with zero attached hydrogens (tertiary/aromatic N) is 2. The molecule has 0 radical (unpaired) electrons. The number of para-hydroxylation sites is 1. The van der Waals surface area contributed by atoms with Gasteiger partial charge in [0.15, 0.2) is 6.61 Å². The van der Waals surface area contributed by atoms with E-state index in [1.165, 1.54) is 0 Å². The molecule has 90 valence electrons. The number of hydrogen-bond acceptors (Lipinski definition) is 5. The van der Waals surface area contributed by atoms with E-state index in [-0.39, 0.29) is 0 Å². The van der Waals surface area contributed by atoms with Crippen molar-refractivity contribution in [1.29, 1.82) is 0 Å². The third kappa shape index (κ3) is 3.57. The summed E-state index contributed by atoms with van der Waals surface area (Å²) in [5.41, 5.74) is 0. The van der Waals surface area contributed by atoms with Crippen molar-refractivity contribution in [3.63, 3.8) is 0 Å². The quantitative estimate of drug-likeness (QED) is 0.823. The van der Waals surface area contributed by atoms with Crippen molar-refractivity contribution in [2.45, 2.75) is 20.1 Å². The van der Waals surface area contributed by atoms with Crippen LogP contribution in [0.4, 0.5) is 0 Å². The van der Waals surface area contributed by atoms with Gasteiger partial charge in [0, 0.05) is 0 Å². The first-order valence-electron chi connectivity index (χ1n) is 5.58. The zero-order valence-electron chi connectivity index (χ0n) is 9.72. The molecule has 0 aliphatic carbocycles. The van der Waals surface area contributed by atoms with Crippen molar-refractivity contribution < 1.29 is 9.26 Å². The maximum Gasteiger partial charge on any atom is 0.240 e. The lowest BCUT2D eigenvalue weighted by atomic mass is 10.3. The topological polar surface area (TPSA) is 60.2 Å². The van der Waals surface area contributed by atoms with Gasteiger partial charge in [-0.2, -0.15) is 4.98 Å². The van der Waals surface area contributed by atoms with Gasteiger partial charge in [-0.05, 0) is 18.7 Å². The van der Waals surface area contributed by atoms with E-state index in [1.807, 2.05) is 37.3 Å². The Hall–Kier alpha value is -1.88. The minimum Gasteiger partial charge on any atom is -0.485 e. The Labute approximate surface area is 99.8 Å². The van der Waals surface area contributed by atoms with Gasteiger partial charge in [-0.15, -0.1) is 0 Å².